The Labute approximate surface area is 125 Å². The van der Waals surface area contributed by atoms with E-state index in [1.165, 1.54) is 0 Å². The van der Waals surface area contributed by atoms with Gasteiger partial charge in [0.15, 0.2) is 0 Å². The molecule has 0 aliphatic carbocycles. The Hall–Kier alpha value is -2.21. The predicted molar refractivity (Wildman–Crippen MR) is 83.3 cm³/mol. The molecule has 0 radical (unpaired) electrons. The normalized spacial score (nSPS) is 10.1. The molecule has 5 N–H and O–H groups in total. The van der Waals surface area contributed by atoms with Crippen molar-refractivity contribution in [3.05, 3.63) is 46.4 Å². The Kier molecular flexibility index (Phi) is 4.14. The van der Waals surface area contributed by atoms with Crippen LogP contribution in [0.1, 0.15) is 10.4 Å². The Morgan fingerprint density at radius 2 is 2.00 bits per heavy atom. The van der Waals surface area contributed by atoms with Crippen molar-refractivity contribution in [2.24, 2.45) is 5.73 Å². The van der Waals surface area contributed by atoms with Crippen molar-refractivity contribution in [2.45, 2.75) is 0 Å². The van der Waals surface area contributed by atoms with Crippen molar-refractivity contribution >= 4 is 38.9 Å². The van der Waals surface area contributed by atoms with Gasteiger partial charge in [-0.05, 0) is 40.2 Å². The van der Waals surface area contributed by atoms with Gasteiger partial charge in [0, 0.05) is 10.5 Å². The lowest BCUT2D eigenvalue weighted by Crippen LogP contribution is -2.14. The number of hydrogen-bond donors (Lipinski definition) is 3. The molecule has 2 rings (SSSR count). The first-order chi connectivity index (χ1) is 9.52. The molecule has 0 spiro atoms. The van der Waals surface area contributed by atoms with Crippen LogP contribution in [0.15, 0.2) is 40.9 Å². The zero-order valence-corrected chi connectivity index (χ0v) is 12.4. The lowest BCUT2D eigenvalue weighted by atomic mass is 10.1. The smallest absolute Gasteiger partial charge is 0.250 e. The third-order valence-corrected chi connectivity index (χ3v) is 3.51. The van der Waals surface area contributed by atoms with Crippen LogP contribution in [0.4, 0.5) is 17.1 Å². The van der Waals surface area contributed by atoms with Crippen molar-refractivity contribution < 1.29 is 9.53 Å². The average Bonchev–Trinajstić information content (AvgIpc) is 2.43. The number of hydrogen-bond acceptors (Lipinski definition) is 4. The summed E-state index contributed by atoms with van der Waals surface area (Å²) in [6.07, 6.45) is 0. The zero-order chi connectivity index (χ0) is 14.7. The number of nitrogens with one attached hydrogen (secondary N) is 1. The quantitative estimate of drug-likeness (QED) is 0.749. The summed E-state index contributed by atoms with van der Waals surface area (Å²) in [5.41, 5.74) is 13.2. The van der Waals surface area contributed by atoms with Crippen LogP contribution in [0.5, 0.6) is 5.75 Å². The first-order valence-electron chi connectivity index (χ1n) is 5.81. The third kappa shape index (κ3) is 2.85. The number of primary amides is 1. The van der Waals surface area contributed by atoms with Gasteiger partial charge in [0.25, 0.3) is 5.91 Å². The van der Waals surface area contributed by atoms with E-state index in [0.29, 0.717) is 17.1 Å². The van der Waals surface area contributed by atoms with Crippen LogP contribution >= 0.6 is 15.9 Å². The van der Waals surface area contributed by atoms with Gasteiger partial charge < -0.3 is 21.5 Å². The number of carbonyl (C=O) groups is 1. The molecule has 2 aromatic carbocycles. The molecule has 0 aliphatic heterocycles. The molecule has 0 saturated heterocycles. The van der Waals surface area contributed by atoms with Crippen molar-refractivity contribution in [3.8, 4) is 5.75 Å². The van der Waals surface area contributed by atoms with Gasteiger partial charge in [-0.2, -0.15) is 0 Å². The largest absolute Gasteiger partial charge is 0.497 e. The number of nitrogen functional groups attached to an aromatic ring is 1. The number of benzene rings is 2. The standard InChI is InChI=1S/C14H14BrN3O2/c1-20-8-5-6-10(15)12(7-8)18-11-4-2-3-9(13(11)16)14(17)19/h2-7,18H,16H2,1H3,(H2,17,19). The zero-order valence-electron chi connectivity index (χ0n) is 10.8. The number of rotatable bonds is 4. The highest BCUT2D eigenvalue weighted by molar-refractivity contribution is 9.10. The Morgan fingerprint density at radius 3 is 2.65 bits per heavy atom. The molecule has 5 nitrogen and oxygen atoms in total. The lowest BCUT2D eigenvalue weighted by Gasteiger charge is -2.13. The molecule has 2 aromatic rings. The summed E-state index contributed by atoms with van der Waals surface area (Å²) in [5, 5.41) is 3.15. The van der Waals surface area contributed by atoms with Crippen molar-refractivity contribution in [1.29, 1.82) is 0 Å². The minimum Gasteiger partial charge on any atom is -0.497 e. The number of ether oxygens (including phenoxy) is 1. The second-order valence-corrected chi connectivity index (χ2v) is 4.96. The molecule has 0 bridgehead atoms. The fourth-order valence-corrected chi connectivity index (χ4v) is 2.11. The van der Waals surface area contributed by atoms with Crippen LogP contribution in [-0.4, -0.2) is 13.0 Å². The number of carbonyl (C=O) groups excluding carboxylic acids is 1. The highest BCUT2D eigenvalue weighted by Crippen LogP contribution is 2.32. The predicted octanol–water partition coefficient (Wildman–Crippen LogP) is 2.88. The Balaban J connectivity index is 2.40. The first kappa shape index (κ1) is 14.2. The molecule has 20 heavy (non-hydrogen) atoms. The molecule has 0 aromatic heterocycles. The van der Waals surface area contributed by atoms with Crippen molar-refractivity contribution in [2.75, 3.05) is 18.2 Å². The van der Waals surface area contributed by atoms with Crippen LogP contribution in [0, 0.1) is 0 Å². The molecule has 0 unspecified atom stereocenters. The van der Waals surface area contributed by atoms with Crippen LogP contribution in [0.25, 0.3) is 0 Å². The Bertz CT molecular complexity index is 659. The van der Waals surface area contributed by atoms with Gasteiger partial charge in [-0.1, -0.05) is 6.07 Å². The fourth-order valence-electron chi connectivity index (χ4n) is 1.76. The summed E-state index contributed by atoms with van der Waals surface area (Å²) in [6, 6.07) is 10.6. The van der Waals surface area contributed by atoms with Crippen LogP contribution < -0.4 is 21.5 Å². The topological polar surface area (TPSA) is 90.4 Å². The summed E-state index contributed by atoms with van der Waals surface area (Å²) >= 11 is 3.44. The summed E-state index contributed by atoms with van der Waals surface area (Å²) in [5.74, 6) is 0.149. The van der Waals surface area contributed by atoms with E-state index in [1.54, 1.807) is 25.3 Å². The molecule has 0 aliphatic rings. The third-order valence-electron chi connectivity index (χ3n) is 2.81. The number of amides is 1. The first-order valence-corrected chi connectivity index (χ1v) is 6.61. The number of anilines is 3. The van der Waals surface area contributed by atoms with Gasteiger partial charge in [0.05, 0.1) is 29.7 Å². The number of methoxy groups -OCH3 is 1. The molecule has 0 saturated carbocycles. The van der Waals surface area contributed by atoms with E-state index in [-0.39, 0.29) is 5.56 Å². The molecular weight excluding hydrogens is 322 g/mol. The minimum absolute atomic E-state index is 0.286. The molecule has 0 fully saturated rings. The molecule has 0 heterocycles. The summed E-state index contributed by atoms with van der Waals surface area (Å²) in [7, 11) is 1.59. The van der Waals surface area contributed by atoms with E-state index in [1.807, 2.05) is 18.2 Å². The van der Waals surface area contributed by atoms with E-state index < -0.39 is 5.91 Å². The number of halogens is 1. The van der Waals surface area contributed by atoms with E-state index in [0.717, 1.165) is 10.2 Å². The maximum absolute atomic E-state index is 11.3. The summed E-state index contributed by atoms with van der Waals surface area (Å²) < 4.78 is 6.02. The van der Waals surface area contributed by atoms with Crippen LogP contribution in [0.3, 0.4) is 0 Å². The molecular formula is C14H14BrN3O2. The number of nitrogens with two attached hydrogens (primary N) is 2. The van der Waals surface area contributed by atoms with E-state index >= 15 is 0 Å². The SMILES string of the molecule is COc1ccc(Br)c(Nc2cccc(C(N)=O)c2N)c1. The molecule has 1 amide bonds. The Morgan fingerprint density at radius 1 is 1.25 bits per heavy atom. The van der Waals surface area contributed by atoms with Crippen LogP contribution in [0.2, 0.25) is 0 Å². The maximum atomic E-state index is 11.3. The van der Waals surface area contributed by atoms with Gasteiger partial charge in [-0.25, -0.2) is 0 Å². The van der Waals surface area contributed by atoms with E-state index in [4.69, 9.17) is 16.2 Å². The highest BCUT2D eigenvalue weighted by atomic mass is 79.9. The molecule has 0 atom stereocenters. The van der Waals surface area contributed by atoms with E-state index in [2.05, 4.69) is 21.2 Å². The minimum atomic E-state index is -0.559. The molecule has 6 heteroatoms. The summed E-state index contributed by atoms with van der Waals surface area (Å²) in [6.45, 7) is 0. The maximum Gasteiger partial charge on any atom is 0.250 e. The number of para-hydroxylation sites is 1. The second-order valence-electron chi connectivity index (χ2n) is 4.10. The second kappa shape index (κ2) is 5.83. The van der Waals surface area contributed by atoms with Gasteiger partial charge in [0.2, 0.25) is 0 Å². The lowest BCUT2D eigenvalue weighted by molar-refractivity contribution is 0.100. The van der Waals surface area contributed by atoms with Gasteiger partial charge in [-0.15, -0.1) is 0 Å². The summed E-state index contributed by atoms with van der Waals surface area (Å²) in [4.78, 5) is 11.3. The van der Waals surface area contributed by atoms with Crippen molar-refractivity contribution in [3.63, 3.8) is 0 Å². The van der Waals surface area contributed by atoms with Gasteiger partial charge >= 0.3 is 0 Å². The van der Waals surface area contributed by atoms with Crippen molar-refractivity contribution in [1.82, 2.24) is 0 Å². The average molecular weight is 336 g/mol. The van der Waals surface area contributed by atoms with E-state index in [9.17, 15) is 4.79 Å². The monoisotopic (exact) mass is 335 g/mol. The van der Waals surface area contributed by atoms with Crippen LogP contribution in [-0.2, 0) is 0 Å². The fraction of sp³-hybridized carbons (Fsp3) is 0.0714. The van der Waals surface area contributed by atoms with Gasteiger partial charge in [-0.3, -0.25) is 4.79 Å². The molecule has 104 valence electrons. The van der Waals surface area contributed by atoms with Gasteiger partial charge in [0.1, 0.15) is 5.75 Å². The highest BCUT2D eigenvalue weighted by Gasteiger charge is 2.11.